The van der Waals surface area contributed by atoms with Crippen molar-refractivity contribution in [1.82, 2.24) is 0 Å². The molecule has 3 aromatic carbocycles. The molecule has 1 fully saturated rings. The van der Waals surface area contributed by atoms with Crippen LogP contribution in [0.5, 0.6) is 5.75 Å². The van der Waals surface area contributed by atoms with Crippen LogP contribution in [-0.2, 0) is 14.4 Å². The third-order valence-electron chi connectivity index (χ3n) is 5.27. The molecular formula is C26H17FN2O5. The number of carbonyl (C=O) groups excluding carboxylic acids is 3. The molecule has 1 aliphatic rings. The van der Waals surface area contributed by atoms with Crippen LogP contribution in [0.4, 0.5) is 10.1 Å². The van der Waals surface area contributed by atoms with Crippen molar-refractivity contribution >= 4 is 29.1 Å². The molecule has 0 radical (unpaired) electrons. The normalized spacial score (nSPS) is 16.9. The molecule has 1 heterocycles. The number of carbonyl (C=O) groups is 3. The molecule has 1 saturated heterocycles. The predicted molar refractivity (Wildman–Crippen MR) is 120 cm³/mol. The molecule has 0 aromatic heterocycles. The van der Waals surface area contributed by atoms with Gasteiger partial charge in [-0.2, -0.15) is 5.26 Å². The summed E-state index contributed by atoms with van der Waals surface area (Å²) >= 11 is 0. The molecule has 0 saturated carbocycles. The first-order valence-electron chi connectivity index (χ1n) is 10.2. The van der Waals surface area contributed by atoms with E-state index in [1.54, 1.807) is 18.2 Å². The Bertz CT molecular complexity index is 1370. The Balaban J connectivity index is 1.93. The van der Waals surface area contributed by atoms with Crippen molar-refractivity contribution in [1.29, 1.82) is 5.26 Å². The third-order valence-corrected chi connectivity index (χ3v) is 5.27. The standard InChI is InChI=1S/C26H17FN2O5/c1-15(30)34-21-4-2-3-18(13-21)23-22(24(31)17-7-9-19(27)10-8-17)25(32)26(33)29(23)20-11-5-16(14-28)6-12-20/h2-13,23,31H,1H3/b24-22-. The molecule has 0 bridgehead atoms. The highest BCUT2D eigenvalue weighted by Crippen LogP contribution is 2.42. The van der Waals surface area contributed by atoms with Crippen LogP contribution in [0.15, 0.2) is 78.4 Å². The van der Waals surface area contributed by atoms with Gasteiger partial charge in [-0.15, -0.1) is 0 Å². The van der Waals surface area contributed by atoms with Gasteiger partial charge in [0, 0.05) is 18.2 Å². The molecule has 3 aromatic rings. The van der Waals surface area contributed by atoms with Gasteiger partial charge in [0.15, 0.2) is 0 Å². The number of aliphatic hydroxyl groups excluding tert-OH is 1. The molecule has 4 rings (SSSR count). The van der Waals surface area contributed by atoms with Gasteiger partial charge in [-0.3, -0.25) is 19.3 Å². The molecular weight excluding hydrogens is 439 g/mol. The number of esters is 1. The minimum atomic E-state index is -1.08. The Morgan fingerprint density at radius 2 is 1.74 bits per heavy atom. The monoisotopic (exact) mass is 456 g/mol. The topological polar surface area (TPSA) is 108 Å². The number of hydrogen-bond acceptors (Lipinski definition) is 6. The number of nitrogens with zero attached hydrogens (tertiary/aromatic N) is 2. The zero-order chi connectivity index (χ0) is 24.4. The van der Waals surface area contributed by atoms with E-state index in [-0.39, 0.29) is 16.9 Å². The van der Waals surface area contributed by atoms with E-state index >= 15 is 0 Å². The maximum Gasteiger partial charge on any atom is 0.308 e. The fraction of sp³-hybridized carbons (Fsp3) is 0.0769. The smallest absolute Gasteiger partial charge is 0.308 e. The maximum atomic E-state index is 13.4. The number of ether oxygens (including phenoxy) is 1. The summed E-state index contributed by atoms with van der Waals surface area (Å²) in [5.41, 5.74) is 1.02. The van der Waals surface area contributed by atoms with Crippen LogP contribution in [0.25, 0.3) is 5.76 Å². The summed E-state index contributed by atoms with van der Waals surface area (Å²) in [4.78, 5) is 38.9. The minimum absolute atomic E-state index is 0.153. The highest BCUT2D eigenvalue weighted by molar-refractivity contribution is 6.51. The van der Waals surface area contributed by atoms with E-state index in [1.165, 1.54) is 54.3 Å². The molecule has 1 amide bonds. The summed E-state index contributed by atoms with van der Waals surface area (Å²) in [7, 11) is 0. The summed E-state index contributed by atoms with van der Waals surface area (Å²) in [6.45, 7) is 1.24. The highest BCUT2D eigenvalue weighted by atomic mass is 19.1. The van der Waals surface area contributed by atoms with Crippen molar-refractivity contribution < 1.29 is 28.6 Å². The van der Waals surface area contributed by atoms with Crippen molar-refractivity contribution in [3.8, 4) is 11.8 Å². The Hall–Kier alpha value is -4.77. The van der Waals surface area contributed by atoms with Gasteiger partial charge in [0.25, 0.3) is 11.7 Å². The van der Waals surface area contributed by atoms with E-state index in [0.29, 0.717) is 16.8 Å². The van der Waals surface area contributed by atoms with Gasteiger partial charge in [0.05, 0.1) is 23.2 Å². The summed E-state index contributed by atoms with van der Waals surface area (Å²) < 4.78 is 18.6. The molecule has 1 atom stereocenters. The average molecular weight is 456 g/mol. The average Bonchev–Trinajstić information content (AvgIpc) is 3.09. The quantitative estimate of drug-likeness (QED) is 0.207. The van der Waals surface area contributed by atoms with Crippen LogP contribution in [-0.4, -0.2) is 22.8 Å². The largest absolute Gasteiger partial charge is 0.507 e. The molecule has 34 heavy (non-hydrogen) atoms. The first kappa shape index (κ1) is 22.4. The summed E-state index contributed by atoms with van der Waals surface area (Å²) in [6, 6.07) is 18.0. The SMILES string of the molecule is CC(=O)Oc1cccc(C2/C(=C(/O)c3ccc(F)cc3)C(=O)C(=O)N2c2ccc(C#N)cc2)c1. The molecule has 0 spiro atoms. The van der Waals surface area contributed by atoms with Crippen molar-refractivity contribution in [2.24, 2.45) is 0 Å². The van der Waals surface area contributed by atoms with Crippen LogP contribution in [0.3, 0.4) is 0 Å². The Morgan fingerprint density at radius 1 is 1.06 bits per heavy atom. The second-order valence-corrected chi connectivity index (χ2v) is 7.50. The number of Topliss-reactive ketones (excluding diaryl/α,β-unsaturated/α-hetero) is 1. The minimum Gasteiger partial charge on any atom is -0.507 e. The van der Waals surface area contributed by atoms with Crippen LogP contribution >= 0.6 is 0 Å². The first-order chi connectivity index (χ1) is 16.3. The number of aliphatic hydroxyl groups is 1. The van der Waals surface area contributed by atoms with Gasteiger partial charge in [0.1, 0.15) is 17.3 Å². The highest BCUT2D eigenvalue weighted by Gasteiger charge is 2.47. The Morgan fingerprint density at radius 3 is 2.35 bits per heavy atom. The molecule has 8 heteroatoms. The van der Waals surface area contributed by atoms with Crippen molar-refractivity contribution in [2.75, 3.05) is 4.90 Å². The Kier molecular flexibility index (Phi) is 5.94. The van der Waals surface area contributed by atoms with Crippen LogP contribution < -0.4 is 9.64 Å². The fourth-order valence-corrected chi connectivity index (χ4v) is 3.79. The van der Waals surface area contributed by atoms with E-state index in [2.05, 4.69) is 0 Å². The van der Waals surface area contributed by atoms with Crippen LogP contribution in [0.2, 0.25) is 0 Å². The van der Waals surface area contributed by atoms with Crippen LogP contribution in [0, 0.1) is 17.1 Å². The van der Waals surface area contributed by atoms with E-state index < -0.39 is 35.3 Å². The van der Waals surface area contributed by atoms with Gasteiger partial charge in [0.2, 0.25) is 0 Å². The number of hydrogen-bond donors (Lipinski definition) is 1. The zero-order valence-electron chi connectivity index (χ0n) is 17.9. The zero-order valence-corrected chi connectivity index (χ0v) is 17.9. The van der Waals surface area contributed by atoms with E-state index in [4.69, 9.17) is 10.00 Å². The van der Waals surface area contributed by atoms with Gasteiger partial charge in [-0.1, -0.05) is 12.1 Å². The lowest BCUT2D eigenvalue weighted by Gasteiger charge is -2.25. The van der Waals surface area contributed by atoms with E-state index in [0.717, 1.165) is 12.1 Å². The first-order valence-corrected chi connectivity index (χ1v) is 10.2. The van der Waals surface area contributed by atoms with Crippen molar-refractivity contribution in [3.63, 3.8) is 0 Å². The number of nitriles is 1. The lowest BCUT2D eigenvalue weighted by atomic mass is 9.95. The predicted octanol–water partition coefficient (Wildman–Crippen LogP) is 4.25. The lowest BCUT2D eigenvalue weighted by molar-refractivity contribution is -0.132. The van der Waals surface area contributed by atoms with Crippen molar-refractivity contribution in [3.05, 3.63) is 101 Å². The van der Waals surface area contributed by atoms with E-state index in [9.17, 15) is 23.9 Å². The molecule has 1 unspecified atom stereocenters. The number of halogens is 1. The fourth-order valence-electron chi connectivity index (χ4n) is 3.79. The van der Waals surface area contributed by atoms with Crippen LogP contribution in [0.1, 0.15) is 29.7 Å². The number of rotatable bonds is 4. The van der Waals surface area contributed by atoms with E-state index in [1.807, 2.05) is 6.07 Å². The Labute approximate surface area is 193 Å². The van der Waals surface area contributed by atoms with Gasteiger partial charge in [-0.25, -0.2) is 4.39 Å². The number of anilines is 1. The van der Waals surface area contributed by atoms with Gasteiger partial charge < -0.3 is 9.84 Å². The van der Waals surface area contributed by atoms with Gasteiger partial charge in [-0.05, 0) is 66.2 Å². The molecule has 1 N–H and O–H groups in total. The molecule has 168 valence electrons. The maximum absolute atomic E-state index is 13.4. The molecule has 0 aliphatic carbocycles. The number of ketones is 1. The molecule has 1 aliphatic heterocycles. The lowest BCUT2D eigenvalue weighted by Crippen LogP contribution is -2.29. The summed E-state index contributed by atoms with van der Waals surface area (Å²) in [5, 5.41) is 20.1. The molecule has 7 nitrogen and oxygen atoms in total. The second kappa shape index (κ2) is 9.00. The third kappa shape index (κ3) is 4.14. The summed E-state index contributed by atoms with van der Waals surface area (Å²) in [5.74, 6) is -3.19. The number of benzene rings is 3. The van der Waals surface area contributed by atoms with Gasteiger partial charge >= 0.3 is 5.97 Å². The second-order valence-electron chi connectivity index (χ2n) is 7.50. The number of amides is 1. The van der Waals surface area contributed by atoms with Crippen molar-refractivity contribution in [2.45, 2.75) is 13.0 Å². The summed E-state index contributed by atoms with van der Waals surface area (Å²) in [6.07, 6.45) is 0.